The molecule has 2 N–H and O–H groups in total. The summed E-state index contributed by atoms with van der Waals surface area (Å²) in [6.07, 6.45) is 5.53. The van der Waals surface area contributed by atoms with Gasteiger partial charge in [0.25, 0.3) is 0 Å². The van der Waals surface area contributed by atoms with Gasteiger partial charge >= 0.3 is 0 Å². The number of rotatable bonds is 2. The molecule has 3 fully saturated rings. The van der Waals surface area contributed by atoms with Crippen molar-refractivity contribution in [2.75, 3.05) is 32.7 Å². The van der Waals surface area contributed by atoms with Crippen LogP contribution in [0.25, 0.3) is 0 Å². The zero-order valence-electron chi connectivity index (χ0n) is 9.57. The number of hydrogen-bond donors (Lipinski definition) is 1. The molecule has 4 atom stereocenters. The molecule has 0 spiro atoms. The predicted molar refractivity (Wildman–Crippen MR) is 61.7 cm³/mol. The Morgan fingerprint density at radius 3 is 2.80 bits per heavy atom. The summed E-state index contributed by atoms with van der Waals surface area (Å²) in [6.45, 7) is 6.21. The maximum absolute atomic E-state index is 5.88. The van der Waals surface area contributed by atoms with Gasteiger partial charge in [0.1, 0.15) is 0 Å². The third kappa shape index (κ3) is 1.71. The second-order valence-corrected chi connectivity index (χ2v) is 5.47. The predicted octanol–water partition coefficient (Wildman–Crippen LogP) is 0.504. The van der Waals surface area contributed by atoms with Crippen molar-refractivity contribution in [1.29, 1.82) is 0 Å². The second kappa shape index (κ2) is 4.04. The van der Waals surface area contributed by atoms with Crippen LogP contribution in [-0.4, -0.2) is 54.6 Å². The van der Waals surface area contributed by atoms with Crippen LogP contribution in [0.5, 0.6) is 0 Å². The van der Waals surface area contributed by atoms with Crippen LogP contribution in [0.1, 0.15) is 25.7 Å². The number of likely N-dealkylation sites (tertiary alicyclic amines) is 1. The molecule has 0 aliphatic carbocycles. The zero-order chi connectivity index (χ0) is 10.3. The van der Waals surface area contributed by atoms with E-state index in [9.17, 15) is 0 Å². The fourth-order valence-electron chi connectivity index (χ4n) is 3.91. The summed E-state index contributed by atoms with van der Waals surface area (Å²) < 4.78 is 0. The van der Waals surface area contributed by atoms with Gasteiger partial charge in [-0.3, -0.25) is 4.90 Å². The van der Waals surface area contributed by atoms with Gasteiger partial charge in [0.05, 0.1) is 0 Å². The van der Waals surface area contributed by atoms with Gasteiger partial charge in [-0.1, -0.05) is 0 Å². The lowest BCUT2D eigenvalue weighted by Gasteiger charge is -2.39. The van der Waals surface area contributed by atoms with E-state index < -0.39 is 0 Å². The molecule has 0 amide bonds. The summed E-state index contributed by atoms with van der Waals surface area (Å²) in [4.78, 5) is 5.38. The fourth-order valence-corrected chi connectivity index (χ4v) is 3.91. The van der Waals surface area contributed by atoms with E-state index in [0.29, 0.717) is 6.04 Å². The Kier molecular flexibility index (Phi) is 2.71. The normalized spacial score (nSPS) is 46.2. The van der Waals surface area contributed by atoms with E-state index in [2.05, 4.69) is 9.80 Å². The summed E-state index contributed by atoms with van der Waals surface area (Å²) in [5.41, 5.74) is 5.88. The van der Waals surface area contributed by atoms with E-state index in [1.165, 1.54) is 51.9 Å². The van der Waals surface area contributed by atoms with Crippen LogP contribution in [0, 0.1) is 5.92 Å². The first-order valence-electron chi connectivity index (χ1n) is 6.56. The number of nitrogens with two attached hydrogens (primary N) is 1. The van der Waals surface area contributed by atoms with E-state index >= 15 is 0 Å². The van der Waals surface area contributed by atoms with Crippen LogP contribution in [0.4, 0.5) is 0 Å². The van der Waals surface area contributed by atoms with E-state index in [0.717, 1.165) is 18.5 Å². The molecule has 0 saturated carbocycles. The van der Waals surface area contributed by atoms with Crippen molar-refractivity contribution in [2.45, 2.75) is 37.8 Å². The minimum absolute atomic E-state index is 0.696. The third-order valence-electron chi connectivity index (χ3n) is 4.71. The molecule has 3 nitrogen and oxygen atoms in total. The summed E-state index contributed by atoms with van der Waals surface area (Å²) >= 11 is 0. The topological polar surface area (TPSA) is 32.5 Å². The molecule has 3 aliphatic heterocycles. The van der Waals surface area contributed by atoms with Crippen molar-refractivity contribution in [1.82, 2.24) is 9.80 Å². The van der Waals surface area contributed by atoms with Crippen molar-refractivity contribution in [2.24, 2.45) is 11.7 Å². The van der Waals surface area contributed by atoms with Gasteiger partial charge in [0, 0.05) is 25.2 Å². The van der Waals surface area contributed by atoms with Gasteiger partial charge in [-0.2, -0.15) is 0 Å². The molecule has 3 heteroatoms. The Hall–Kier alpha value is -0.120. The number of hydrogen-bond acceptors (Lipinski definition) is 3. The first-order chi connectivity index (χ1) is 7.38. The molecule has 0 radical (unpaired) electrons. The summed E-state index contributed by atoms with van der Waals surface area (Å²) in [7, 11) is 0. The quantitative estimate of drug-likeness (QED) is 0.719. The largest absolute Gasteiger partial charge is 0.329 e. The molecule has 2 bridgehead atoms. The van der Waals surface area contributed by atoms with Crippen LogP contribution >= 0.6 is 0 Å². The monoisotopic (exact) mass is 209 g/mol. The van der Waals surface area contributed by atoms with Crippen LogP contribution in [0.15, 0.2) is 0 Å². The van der Waals surface area contributed by atoms with Gasteiger partial charge < -0.3 is 10.6 Å². The number of nitrogens with zero attached hydrogens (tertiary/aromatic N) is 2. The van der Waals surface area contributed by atoms with E-state index in [4.69, 9.17) is 5.73 Å². The van der Waals surface area contributed by atoms with Gasteiger partial charge in [-0.25, -0.2) is 0 Å². The van der Waals surface area contributed by atoms with Gasteiger partial charge in [-0.05, 0) is 51.2 Å². The van der Waals surface area contributed by atoms with Gasteiger partial charge in [-0.15, -0.1) is 0 Å². The SMILES string of the molecule is NCC1CCCN1C1CCN2CCC1C2. The lowest BCUT2D eigenvalue weighted by atomic mass is 9.92. The Morgan fingerprint density at radius 2 is 1.93 bits per heavy atom. The average molecular weight is 209 g/mol. The fraction of sp³-hybridized carbons (Fsp3) is 1.00. The highest BCUT2D eigenvalue weighted by atomic mass is 15.3. The summed E-state index contributed by atoms with van der Waals surface area (Å²) in [5, 5.41) is 0. The van der Waals surface area contributed by atoms with E-state index in [1.54, 1.807) is 0 Å². The van der Waals surface area contributed by atoms with Crippen molar-refractivity contribution >= 4 is 0 Å². The average Bonchev–Trinajstić information content (AvgIpc) is 2.87. The molecule has 0 aromatic rings. The molecule has 3 rings (SSSR count). The van der Waals surface area contributed by atoms with Crippen LogP contribution < -0.4 is 5.73 Å². The highest BCUT2D eigenvalue weighted by Crippen LogP contribution is 2.34. The Labute approximate surface area is 92.6 Å². The van der Waals surface area contributed by atoms with E-state index in [1.807, 2.05) is 0 Å². The molecule has 86 valence electrons. The summed E-state index contributed by atoms with van der Waals surface area (Å²) in [6, 6.07) is 1.56. The molecule has 15 heavy (non-hydrogen) atoms. The molecule has 3 aliphatic rings. The highest BCUT2D eigenvalue weighted by molar-refractivity contribution is 4.96. The van der Waals surface area contributed by atoms with Crippen LogP contribution in [0.3, 0.4) is 0 Å². The number of fused-ring (bicyclic) bond motifs is 2. The molecule has 3 saturated heterocycles. The van der Waals surface area contributed by atoms with Crippen LogP contribution in [-0.2, 0) is 0 Å². The second-order valence-electron chi connectivity index (χ2n) is 5.47. The Balaban J connectivity index is 1.70. The van der Waals surface area contributed by atoms with Gasteiger partial charge in [0.15, 0.2) is 0 Å². The number of piperidine rings is 1. The lowest BCUT2D eigenvalue weighted by molar-refractivity contribution is 0.0917. The minimum atomic E-state index is 0.696. The Morgan fingerprint density at radius 1 is 1.07 bits per heavy atom. The van der Waals surface area contributed by atoms with Crippen molar-refractivity contribution in [3.05, 3.63) is 0 Å². The van der Waals surface area contributed by atoms with Crippen LogP contribution in [0.2, 0.25) is 0 Å². The molecule has 0 aromatic carbocycles. The third-order valence-corrected chi connectivity index (χ3v) is 4.71. The van der Waals surface area contributed by atoms with Crippen molar-refractivity contribution in [3.63, 3.8) is 0 Å². The lowest BCUT2D eigenvalue weighted by Crippen LogP contribution is -2.50. The van der Waals surface area contributed by atoms with Crippen molar-refractivity contribution < 1.29 is 0 Å². The van der Waals surface area contributed by atoms with Crippen molar-refractivity contribution in [3.8, 4) is 0 Å². The molecule has 3 heterocycles. The van der Waals surface area contributed by atoms with Gasteiger partial charge in [0.2, 0.25) is 0 Å². The first-order valence-corrected chi connectivity index (χ1v) is 6.56. The first kappa shape index (κ1) is 10.1. The molecule has 4 unspecified atom stereocenters. The minimum Gasteiger partial charge on any atom is -0.329 e. The molecule has 0 aromatic heterocycles. The maximum Gasteiger partial charge on any atom is 0.0221 e. The highest BCUT2D eigenvalue weighted by Gasteiger charge is 2.40. The Bertz CT molecular complexity index is 231. The smallest absolute Gasteiger partial charge is 0.0221 e. The molecular weight excluding hydrogens is 186 g/mol. The van der Waals surface area contributed by atoms with E-state index in [-0.39, 0.29) is 0 Å². The zero-order valence-corrected chi connectivity index (χ0v) is 9.57. The summed E-state index contributed by atoms with van der Waals surface area (Å²) in [5.74, 6) is 0.950. The standard InChI is InChI=1S/C12H23N3/c13-8-11-2-1-5-15(11)12-4-7-14-6-3-10(12)9-14/h10-12H,1-9,13H2. The maximum atomic E-state index is 5.88. The molecular formula is C12H23N3.